The molecule has 0 aromatic heterocycles. The first-order valence-corrected chi connectivity index (χ1v) is 23.0. The molecule has 0 saturated carbocycles. The molecular formula is C42H81O8P. The average molecular weight is 745 g/mol. The standard InChI is InChI=1S/C42H81O8P/c1-3-5-7-9-11-13-15-17-18-19-20-21-22-23-24-25-27-28-30-32-34-36-41(43)48-38-40(39-49-51(45,46)47)50-42(44)37-35-33-31-29-26-16-14-12-10-8-6-4-2/h17-18,40H,3-16,19-39H2,1-2H3,(H2,45,46,47)/b18-17+/t40-/m1/s1. The van der Waals surface area contributed by atoms with Crippen molar-refractivity contribution < 1.29 is 37.9 Å². The topological polar surface area (TPSA) is 119 Å². The van der Waals surface area contributed by atoms with E-state index in [0.29, 0.717) is 6.42 Å². The second-order valence-corrected chi connectivity index (χ2v) is 15.9. The molecule has 0 heterocycles. The maximum atomic E-state index is 12.4. The quantitative estimate of drug-likeness (QED) is 0.0275. The van der Waals surface area contributed by atoms with E-state index in [0.717, 1.165) is 38.5 Å². The lowest BCUT2D eigenvalue weighted by Gasteiger charge is -2.18. The van der Waals surface area contributed by atoms with Gasteiger partial charge in [-0.05, 0) is 38.5 Å². The number of rotatable bonds is 40. The van der Waals surface area contributed by atoms with Crippen LogP contribution >= 0.6 is 7.82 Å². The average Bonchev–Trinajstić information content (AvgIpc) is 3.10. The van der Waals surface area contributed by atoms with Crippen LogP contribution in [0, 0.1) is 0 Å². The molecule has 0 aromatic carbocycles. The van der Waals surface area contributed by atoms with Gasteiger partial charge in [0, 0.05) is 12.8 Å². The van der Waals surface area contributed by atoms with Crippen molar-refractivity contribution >= 4 is 19.8 Å². The highest BCUT2D eigenvalue weighted by Crippen LogP contribution is 2.36. The van der Waals surface area contributed by atoms with E-state index < -0.39 is 32.5 Å². The zero-order valence-electron chi connectivity index (χ0n) is 33.3. The van der Waals surface area contributed by atoms with E-state index in [2.05, 4.69) is 30.5 Å². The van der Waals surface area contributed by atoms with E-state index in [1.165, 1.54) is 154 Å². The van der Waals surface area contributed by atoms with Crippen LogP contribution < -0.4 is 0 Å². The molecule has 0 aliphatic carbocycles. The van der Waals surface area contributed by atoms with Crippen molar-refractivity contribution in [2.75, 3.05) is 13.2 Å². The van der Waals surface area contributed by atoms with Crippen LogP contribution in [0.5, 0.6) is 0 Å². The van der Waals surface area contributed by atoms with Crippen molar-refractivity contribution in [3.63, 3.8) is 0 Å². The van der Waals surface area contributed by atoms with E-state index in [4.69, 9.17) is 19.3 Å². The number of phosphoric ester groups is 1. The Morgan fingerprint density at radius 1 is 0.490 bits per heavy atom. The summed E-state index contributed by atoms with van der Waals surface area (Å²) in [4.78, 5) is 42.8. The third-order valence-corrected chi connectivity index (χ3v) is 10.0. The maximum absolute atomic E-state index is 12.4. The molecule has 0 fully saturated rings. The molecule has 0 aromatic rings. The molecule has 1 atom stereocenters. The van der Waals surface area contributed by atoms with Crippen molar-refractivity contribution in [2.24, 2.45) is 0 Å². The number of unbranched alkanes of at least 4 members (excludes halogenated alkanes) is 28. The Labute approximate surface area is 314 Å². The Morgan fingerprint density at radius 3 is 1.20 bits per heavy atom. The van der Waals surface area contributed by atoms with Crippen LogP contribution in [-0.2, 0) is 28.2 Å². The highest BCUT2D eigenvalue weighted by atomic mass is 31.2. The first-order valence-electron chi connectivity index (χ1n) is 21.5. The number of phosphoric acid groups is 1. The summed E-state index contributed by atoms with van der Waals surface area (Å²) < 4.78 is 26.4. The number of carbonyl (C=O) groups is 2. The Hall–Kier alpha value is -1.21. The molecule has 302 valence electrons. The second kappa shape index (κ2) is 38.5. The smallest absolute Gasteiger partial charge is 0.462 e. The Bertz CT molecular complexity index is 843. The van der Waals surface area contributed by atoms with Crippen LogP contribution in [0.2, 0.25) is 0 Å². The molecule has 0 rings (SSSR count). The van der Waals surface area contributed by atoms with E-state index in [9.17, 15) is 14.2 Å². The predicted molar refractivity (Wildman–Crippen MR) is 212 cm³/mol. The van der Waals surface area contributed by atoms with Crippen molar-refractivity contribution in [2.45, 2.75) is 232 Å². The largest absolute Gasteiger partial charge is 0.469 e. The summed E-state index contributed by atoms with van der Waals surface area (Å²) >= 11 is 0. The van der Waals surface area contributed by atoms with Gasteiger partial charge < -0.3 is 19.3 Å². The SMILES string of the molecule is CCCCCCCC/C=C/CCCCCCCCCCCCCC(=O)OC[C@H](COP(=O)(O)O)OC(=O)CCCCCCCCCCCCCC. The van der Waals surface area contributed by atoms with Gasteiger partial charge >= 0.3 is 19.8 Å². The minimum absolute atomic E-state index is 0.217. The van der Waals surface area contributed by atoms with Gasteiger partial charge in [0.1, 0.15) is 6.61 Å². The van der Waals surface area contributed by atoms with Crippen LogP contribution in [0.3, 0.4) is 0 Å². The third-order valence-electron chi connectivity index (χ3n) is 9.53. The fourth-order valence-corrected chi connectivity index (χ4v) is 6.67. The first-order chi connectivity index (χ1) is 24.8. The van der Waals surface area contributed by atoms with Gasteiger partial charge in [0.2, 0.25) is 0 Å². The van der Waals surface area contributed by atoms with Crippen LogP contribution in [0.1, 0.15) is 226 Å². The Kier molecular flexibility index (Phi) is 37.6. The predicted octanol–water partition coefficient (Wildman–Crippen LogP) is 13.0. The Balaban J connectivity index is 3.82. The molecule has 51 heavy (non-hydrogen) atoms. The zero-order valence-corrected chi connectivity index (χ0v) is 34.2. The highest BCUT2D eigenvalue weighted by Gasteiger charge is 2.22. The van der Waals surface area contributed by atoms with E-state index >= 15 is 0 Å². The molecule has 0 bridgehead atoms. The van der Waals surface area contributed by atoms with Gasteiger partial charge in [-0.25, -0.2) is 4.57 Å². The molecule has 8 nitrogen and oxygen atoms in total. The lowest BCUT2D eigenvalue weighted by Crippen LogP contribution is -2.29. The molecular weight excluding hydrogens is 663 g/mol. The van der Waals surface area contributed by atoms with Crippen molar-refractivity contribution in [3.05, 3.63) is 12.2 Å². The molecule has 0 aliphatic rings. The fraction of sp³-hybridized carbons (Fsp3) is 0.905. The summed E-state index contributed by atoms with van der Waals surface area (Å²) in [6, 6.07) is 0. The molecule has 0 radical (unpaired) electrons. The zero-order chi connectivity index (χ0) is 37.5. The van der Waals surface area contributed by atoms with E-state index in [-0.39, 0.29) is 19.4 Å². The number of hydrogen-bond acceptors (Lipinski definition) is 6. The number of hydrogen-bond donors (Lipinski definition) is 2. The minimum atomic E-state index is -4.75. The van der Waals surface area contributed by atoms with Gasteiger partial charge in [-0.3, -0.25) is 14.1 Å². The second-order valence-electron chi connectivity index (χ2n) is 14.7. The van der Waals surface area contributed by atoms with Crippen LogP contribution in [0.25, 0.3) is 0 Å². The summed E-state index contributed by atoms with van der Waals surface area (Å²) in [6.45, 7) is 3.69. The van der Waals surface area contributed by atoms with Crippen LogP contribution in [0.15, 0.2) is 12.2 Å². The molecule has 9 heteroatoms. The van der Waals surface area contributed by atoms with Gasteiger partial charge in [-0.2, -0.15) is 0 Å². The number of carbonyl (C=O) groups excluding carboxylic acids is 2. The van der Waals surface area contributed by atoms with E-state index in [1.807, 2.05) is 0 Å². The van der Waals surface area contributed by atoms with Gasteiger partial charge in [0.05, 0.1) is 6.61 Å². The number of ether oxygens (including phenoxy) is 2. The molecule has 0 saturated heterocycles. The van der Waals surface area contributed by atoms with Gasteiger partial charge in [0.25, 0.3) is 0 Å². The van der Waals surface area contributed by atoms with Crippen molar-refractivity contribution in [3.8, 4) is 0 Å². The summed E-state index contributed by atoms with van der Waals surface area (Å²) in [6.07, 6.45) is 42.2. The molecule has 0 aliphatic heterocycles. The van der Waals surface area contributed by atoms with Crippen LogP contribution in [0.4, 0.5) is 0 Å². The lowest BCUT2D eigenvalue weighted by atomic mass is 10.0. The van der Waals surface area contributed by atoms with Gasteiger partial charge in [-0.15, -0.1) is 0 Å². The molecule has 0 spiro atoms. The summed E-state index contributed by atoms with van der Waals surface area (Å²) in [7, 11) is -4.75. The number of esters is 2. The van der Waals surface area contributed by atoms with Gasteiger partial charge in [-0.1, -0.05) is 187 Å². The lowest BCUT2D eigenvalue weighted by molar-refractivity contribution is -0.161. The summed E-state index contributed by atoms with van der Waals surface area (Å²) in [5, 5.41) is 0. The molecule has 2 N–H and O–H groups in total. The monoisotopic (exact) mass is 745 g/mol. The maximum Gasteiger partial charge on any atom is 0.469 e. The molecule has 0 unspecified atom stereocenters. The van der Waals surface area contributed by atoms with Crippen LogP contribution in [-0.4, -0.2) is 41.0 Å². The van der Waals surface area contributed by atoms with E-state index in [1.54, 1.807) is 0 Å². The summed E-state index contributed by atoms with van der Waals surface area (Å²) in [5.41, 5.74) is 0. The first kappa shape index (κ1) is 49.8. The highest BCUT2D eigenvalue weighted by molar-refractivity contribution is 7.46. The van der Waals surface area contributed by atoms with Gasteiger partial charge in [0.15, 0.2) is 6.10 Å². The number of allylic oxidation sites excluding steroid dienone is 2. The normalized spacial score (nSPS) is 12.5. The molecule has 0 amide bonds. The summed E-state index contributed by atoms with van der Waals surface area (Å²) in [5.74, 6) is -0.874. The third kappa shape index (κ3) is 41.4. The fourth-order valence-electron chi connectivity index (χ4n) is 6.31. The minimum Gasteiger partial charge on any atom is -0.462 e. The Morgan fingerprint density at radius 2 is 0.824 bits per heavy atom. The van der Waals surface area contributed by atoms with Crippen molar-refractivity contribution in [1.29, 1.82) is 0 Å². The van der Waals surface area contributed by atoms with Crippen molar-refractivity contribution in [1.82, 2.24) is 0 Å².